The van der Waals surface area contributed by atoms with Gasteiger partial charge in [0.05, 0.1) is 19.8 Å². The molecule has 20 heavy (non-hydrogen) atoms. The van der Waals surface area contributed by atoms with E-state index >= 15 is 0 Å². The third-order valence-corrected chi connectivity index (χ3v) is 2.67. The predicted molar refractivity (Wildman–Crippen MR) is 77.2 cm³/mol. The fourth-order valence-electron chi connectivity index (χ4n) is 1.70. The highest BCUT2D eigenvalue weighted by Crippen LogP contribution is 2.08. The molecule has 1 amide bonds. The average Bonchev–Trinajstić information content (AvgIpc) is 2.49. The molecule has 0 aliphatic carbocycles. The Labute approximate surface area is 119 Å². The van der Waals surface area contributed by atoms with E-state index in [1.54, 1.807) is 30.2 Å². The molecule has 5 nitrogen and oxygen atoms in total. The molecule has 0 aromatic heterocycles. The molecule has 3 N–H and O–H groups in total. The molecule has 0 bridgehead atoms. The van der Waals surface area contributed by atoms with E-state index in [4.69, 9.17) is 15.6 Å². The number of hydrogen-bond donors (Lipinski definition) is 2. The van der Waals surface area contributed by atoms with Gasteiger partial charge in [0.2, 0.25) is 0 Å². The third-order valence-electron chi connectivity index (χ3n) is 2.67. The second kappa shape index (κ2) is 9.10. The molecule has 1 aromatic carbocycles. The quantitative estimate of drug-likeness (QED) is 0.721. The maximum absolute atomic E-state index is 12.4. The van der Waals surface area contributed by atoms with Crippen LogP contribution in [0, 0.1) is 11.8 Å². The number of benzene rings is 1. The van der Waals surface area contributed by atoms with Crippen molar-refractivity contribution in [1.82, 2.24) is 4.90 Å². The highest BCUT2D eigenvalue weighted by atomic mass is 16.5. The summed E-state index contributed by atoms with van der Waals surface area (Å²) in [5.74, 6) is 5.50. The standard InChI is InChI=1S/C15H20N2O3/c1-20-11-9-17(8-10-18)15(19)14-6-2-4-13(12-14)5-3-7-16/h2,4,6,12,18H,7-11,16H2,1H3. The molecular weight excluding hydrogens is 256 g/mol. The van der Waals surface area contributed by atoms with Crippen molar-refractivity contribution in [1.29, 1.82) is 0 Å². The lowest BCUT2D eigenvalue weighted by atomic mass is 10.1. The van der Waals surface area contributed by atoms with Crippen molar-refractivity contribution in [2.45, 2.75) is 0 Å². The summed E-state index contributed by atoms with van der Waals surface area (Å²) in [6.45, 7) is 1.35. The molecule has 0 fully saturated rings. The number of ether oxygens (including phenoxy) is 1. The van der Waals surface area contributed by atoms with Gasteiger partial charge in [0.25, 0.3) is 5.91 Å². The summed E-state index contributed by atoms with van der Waals surface area (Å²) in [5.41, 5.74) is 6.61. The summed E-state index contributed by atoms with van der Waals surface area (Å²) in [6, 6.07) is 7.06. The van der Waals surface area contributed by atoms with Crippen molar-refractivity contribution in [3.8, 4) is 11.8 Å². The van der Waals surface area contributed by atoms with E-state index in [1.165, 1.54) is 0 Å². The van der Waals surface area contributed by atoms with Crippen LogP contribution in [0.4, 0.5) is 0 Å². The fourth-order valence-corrected chi connectivity index (χ4v) is 1.70. The van der Waals surface area contributed by atoms with E-state index in [9.17, 15) is 4.79 Å². The molecule has 0 radical (unpaired) electrons. The zero-order valence-electron chi connectivity index (χ0n) is 11.6. The molecule has 0 aliphatic heterocycles. The minimum atomic E-state index is -0.146. The Bertz CT molecular complexity index is 491. The van der Waals surface area contributed by atoms with Gasteiger partial charge in [0.15, 0.2) is 0 Å². The van der Waals surface area contributed by atoms with Gasteiger partial charge in [-0.25, -0.2) is 0 Å². The molecule has 1 aromatic rings. The van der Waals surface area contributed by atoms with Crippen molar-refractivity contribution in [2.75, 3.05) is 40.0 Å². The number of nitrogens with zero attached hydrogens (tertiary/aromatic N) is 1. The molecule has 108 valence electrons. The Morgan fingerprint density at radius 1 is 1.45 bits per heavy atom. The number of carbonyl (C=O) groups excluding carboxylic acids is 1. The number of aliphatic hydroxyl groups excluding tert-OH is 1. The second-order valence-corrected chi connectivity index (χ2v) is 4.10. The first-order chi connectivity index (χ1) is 9.72. The number of carbonyl (C=O) groups is 1. The van der Waals surface area contributed by atoms with Gasteiger partial charge < -0.3 is 20.5 Å². The minimum Gasteiger partial charge on any atom is -0.395 e. The lowest BCUT2D eigenvalue weighted by Gasteiger charge is -2.21. The molecule has 1 rings (SSSR count). The van der Waals surface area contributed by atoms with Crippen molar-refractivity contribution in [2.24, 2.45) is 5.73 Å². The maximum atomic E-state index is 12.4. The average molecular weight is 276 g/mol. The summed E-state index contributed by atoms with van der Waals surface area (Å²) in [6.07, 6.45) is 0. The van der Waals surface area contributed by atoms with E-state index in [0.717, 1.165) is 5.56 Å². The largest absolute Gasteiger partial charge is 0.395 e. The Hall–Kier alpha value is -1.87. The monoisotopic (exact) mass is 276 g/mol. The SMILES string of the molecule is COCCN(CCO)C(=O)c1cccc(C#CCN)c1. The van der Waals surface area contributed by atoms with Crippen LogP contribution in [0.5, 0.6) is 0 Å². The maximum Gasteiger partial charge on any atom is 0.254 e. The molecular formula is C15H20N2O3. The van der Waals surface area contributed by atoms with Gasteiger partial charge in [-0.15, -0.1) is 0 Å². The highest BCUT2D eigenvalue weighted by Gasteiger charge is 2.15. The van der Waals surface area contributed by atoms with Gasteiger partial charge in [0.1, 0.15) is 0 Å². The third kappa shape index (κ3) is 5.02. The summed E-state index contributed by atoms with van der Waals surface area (Å²) in [7, 11) is 1.57. The van der Waals surface area contributed by atoms with Crippen LogP contribution in [0.25, 0.3) is 0 Å². The van der Waals surface area contributed by atoms with Crippen LogP contribution in [0.1, 0.15) is 15.9 Å². The topological polar surface area (TPSA) is 75.8 Å². The first-order valence-electron chi connectivity index (χ1n) is 6.41. The van der Waals surface area contributed by atoms with Gasteiger partial charge >= 0.3 is 0 Å². The van der Waals surface area contributed by atoms with Crippen molar-refractivity contribution in [3.63, 3.8) is 0 Å². The molecule has 0 saturated carbocycles. The van der Waals surface area contributed by atoms with Crippen LogP contribution in [0.3, 0.4) is 0 Å². The van der Waals surface area contributed by atoms with Crippen LogP contribution in [-0.2, 0) is 4.74 Å². The van der Waals surface area contributed by atoms with Gasteiger partial charge in [-0.05, 0) is 18.2 Å². The van der Waals surface area contributed by atoms with Gasteiger partial charge in [-0.2, -0.15) is 0 Å². The number of nitrogens with two attached hydrogens (primary N) is 1. The molecule has 0 aliphatic rings. The normalized spacial score (nSPS) is 9.75. The molecule has 0 atom stereocenters. The van der Waals surface area contributed by atoms with Crippen LogP contribution in [0.2, 0.25) is 0 Å². The Morgan fingerprint density at radius 3 is 2.90 bits per heavy atom. The lowest BCUT2D eigenvalue weighted by Crippen LogP contribution is -2.36. The zero-order chi connectivity index (χ0) is 14.8. The predicted octanol–water partition coefficient (Wildman–Crippen LogP) is 0.0777. The lowest BCUT2D eigenvalue weighted by molar-refractivity contribution is 0.0656. The van der Waals surface area contributed by atoms with E-state index in [2.05, 4.69) is 11.8 Å². The zero-order valence-corrected chi connectivity index (χ0v) is 11.6. The highest BCUT2D eigenvalue weighted by molar-refractivity contribution is 5.94. The van der Waals surface area contributed by atoms with Crippen LogP contribution in [0.15, 0.2) is 24.3 Å². The van der Waals surface area contributed by atoms with E-state index < -0.39 is 0 Å². The summed E-state index contributed by atoms with van der Waals surface area (Å²) in [5, 5.41) is 9.03. The van der Waals surface area contributed by atoms with E-state index in [-0.39, 0.29) is 25.6 Å². The van der Waals surface area contributed by atoms with Crippen LogP contribution in [-0.4, -0.2) is 55.9 Å². The van der Waals surface area contributed by atoms with Gasteiger partial charge in [-0.3, -0.25) is 4.79 Å². The first-order valence-corrected chi connectivity index (χ1v) is 6.41. The molecule has 0 saturated heterocycles. The summed E-state index contributed by atoms with van der Waals surface area (Å²) >= 11 is 0. The number of amides is 1. The number of aliphatic hydroxyl groups is 1. The van der Waals surface area contributed by atoms with E-state index in [0.29, 0.717) is 18.7 Å². The summed E-state index contributed by atoms with van der Waals surface area (Å²) < 4.78 is 4.97. The Balaban J connectivity index is 2.87. The van der Waals surface area contributed by atoms with Gasteiger partial charge in [0, 0.05) is 31.3 Å². The smallest absolute Gasteiger partial charge is 0.254 e. The molecule has 0 spiro atoms. The Morgan fingerprint density at radius 2 is 2.25 bits per heavy atom. The van der Waals surface area contributed by atoms with Crippen molar-refractivity contribution in [3.05, 3.63) is 35.4 Å². The number of rotatable bonds is 6. The number of hydrogen-bond acceptors (Lipinski definition) is 4. The first kappa shape index (κ1) is 16.2. The van der Waals surface area contributed by atoms with Crippen LogP contribution >= 0.6 is 0 Å². The van der Waals surface area contributed by atoms with Crippen molar-refractivity contribution < 1.29 is 14.6 Å². The van der Waals surface area contributed by atoms with Crippen molar-refractivity contribution >= 4 is 5.91 Å². The molecule has 0 unspecified atom stereocenters. The Kier molecular flexibility index (Phi) is 7.36. The number of methoxy groups -OCH3 is 1. The molecule has 0 heterocycles. The van der Waals surface area contributed by atoms with E-state index in [1.807, 2.05) is 6.07 Å². The summed E-state index contributed by atoms with van der Waals surface area (Å²) in [4.78, 5) is 13.9. The molecule has 5 heteroatoms. The van der Waals surface area contributed by atoms with Gasteiger partial charge in [-0.1, -0.05) is 17.9 Å². The van der Waals surface area contributed by atoms with Crippen LogP contribution < -0.4 is 5.73 Å². The second-order valence-electron chi connectivity index (χ2n) is 4.10. The minimum absolute atomic E-state index is 0.0812. The fraction of sp³-hybridized carbons (Fsp3) is 0.400.